The number of carboxylic acid groups (broad SMARTS) is 1. The SMILES string of the molecule is CCc1cc(OCCCC(=O)O)cc([OH+]C)c1. The second kappa shape index (κ2) is 6.78. The van der Waals surface area contributed by atoms with Gasteiger partial charge in [-0.05, 0) is 24.5 Å². The fourth-order valence-electron chi connectivity index (χ4n) is 1.47. The summed E-state index contributed by atoms with van der Waals surface area (Å²) in [6.07, 6.45) is 1.58. The normalized spacial score (nSPS) is 10.0. The molecular formula is C13H19O4+. The lowest BCUT2D eigenvalue weighted by molar-refractivity contribution is -0.137. The van der Waals surface area contributed by atoms with Crippen LogP contribution in [0.5, 0.6) is 11.5 Å². The Morgan fingerprint density at radius 3 is 2.76 bits per heavy atom. The first-order chi connectivity index (χ1) is 8.15. The Morgan fingerprint density at radius 2 is 2.18 bits per heavy atom. The lowest BCUT2D eigenvalue weighted by Crippen LogP contribution is -2.02. The zero-order chi connectivity index (χ0) is 12.7. The van der Waals surface area contributed by atoms with Crippen LogP contribution in [0.2, 0.25) is 0 Å². The topological polar surface area (TPSA) is 59.3 Å². The highest BCUT2D eigenvalue weighted by Gasteiger charge is 2.05. The van der Waals surface area contributed by atoms with Crippen LogP contribution in [0.3, 0.4) is 0 Å². The van der Waals surface area contributed by atoms with Crippen molar-refractivity contribution in [3.63, 3.8) is 0 Å². The molecule has 0 aliphatic carbocycles. The molecular weight excluding hydrogens is 220 g/mol. The molecule has 0 saturated carbocycles. The Hall–Kier alpha value is -1.71. The Morgan fingerprint density at radius 1 is 1.41 bits per heavy atom. The predicted molar refractivity (Wildman–Crippen MR) is 65.8 cm³/mol. The zero-order valence-electron chi connectivity index (χ0n) is 10.3. The molecule has 94 valence electrons. The van der Waals surface area contributed by atoms with E-state index in [0.717, 1.165) is 17.9 Å². The van der Waals surface area contributed by atoms with Crippen LogP contribution in [-0.2, 0) is 11.2 Å². The van der Waals surface area contributed by atoms with E-state index in [1.165, 1.54) is 5.56 Å². The molecule has 4 nitrogen and oxygen atoms in total. The molecule has 1 aromatic rings. The number of hydrogen-bond acceptors (Lipinski definition) is 2. The van der Waals surface area contributed by atoms with Gasteiger partial charge in [0.05, 0.1) is 12.7 Å². The van der Waals surface area contributed by atoms with E-state index in [0.29, 0.717) is 13.0 Å². The summed E-state index contributed by atoms with van der Waals surface area (Å²) in [5.74, 6) is 0.855. The van der Waals surface area contributed by atoms with E-state index >= 15 is 0 Å². The third-order valence-corrected chi connectivity index (χ3v) is 2.42. The number of aliphatic hydroxyl groups is 1. The lowest BCUT2D eigenvalue weighted by Gasteiger charge is -2.08. The van der Waals surface area contributed by atoms with Gasteiger partial charge in [-0.1, -0.05) is 6.92 Å². The highest BCUT2D eigenvalue weighted by Crippen LogP contribution is 2.23. The van der Waals surface area contributed by atoms with Gasteiger partial charge < -0.3 is 14.6 Å². The van der Waals surface area contributed by atoms with Crippen LogP contribution in [0.25, 0.3) is 0 Å². The van der Waals surface area contributed by atoms with Crippen molar-refractivity contribution in [1.82, 2.24) is 0 Å². The van der Waals surface area contributed by atoms with Crippen molar-refractivity contribution in [3.8, 4) is 11.5 Å². The minimum absolute atomic E-state index is 0.137. The van der Waals surface area contributed by atoms with Gasteiger partial charge in [-0.15, -0.1) is 0 Å². The summed E-state index contributed by atoms with van der Waals surface area (Å²) in [6.45, 7) is 2.49. The lowest BCUT2D eigenvalue weighted by atomic mass is 10.1. The molecule has 1 rings (SSSR count). The van der Waals surface area contributed by atoms with E-state index in [1.54, 1.807) is 7.11 Å². The predicted octanol–water partition coefficient (Wildman–Crippen LogP) is 2.36. The number of carbonyl (C=O) groups is 1. The van der Waals surface area contributed by atoms with Crippen molar-refractivity contribution in [1.29, 1.82) is 0 Å². The van der Waals surface area contributed by atoms with E-state index in [9.17, 15) is 4.79 Å². The molecule has 0 heterocycles. The van der Waals surface area contributed by atoms with Crippen LogP contribution in [0.4, 0.5) is 0 Å². The van der Waals surface area contributed by atoms with E-state index in [4.69, 9.17) is 9.84 Å². The monoisotopic (exact) mass is 239 g/mol. The molecule has 0 aliphatic heterocycles. The van der Waals surface area contributed by atoms with Gasteiger partial charge in [0.1, 0.15) is 5.75 Å². The van der Waals surface area contributed by atoms with Crippen LogP contribution in [0.15, 0.2) is 18.2 Å². The van der Waals surface area contributed by atoms with Crippen LogP contribution in [0, 0.1) is 0 Å². The molecule has 0 radical (unpaired) electrons. The molecule has 0 unspecified atom stereocenters. The number of aliphatic carboxylic acids is 1. The number of hydrogen-bond donors (Lipinski definition) is 1. The van der Waals surface area contributed by atoms with Crippen molar-refractivity contribution in [3.05, 3.63) is 23.8 Å². The van der Waals surface area contributed by atoms with Gasteiger partial charge in [-0.25, -0.2) is 0 Å². The molecule has 4 heteroatoms. The molecule has 0 aliphatic rings. The van der Waals surface area contributed by atoms with Crippen LogP contribution >= 0.6 is 0 Å². The van der Waals surface area contributed by atoms with Crippen molar-refractivity contribution >= 4 is 5.97 Å². The van der Waals surface area contributed by atoms with Gasteiger partial charge in [0.15, 0.2) is 7.11 Å². The summed E-state index contributed by atoms with van der Waals surface area (Å²) in [5.41, 5.74) is 1.17. The number of rotatable bonds is 7. The quantitative estimate of drug-likeness (QED) is 0.587. The van der Waals surface area contributed by atoms with Crippen LogP contribution < -0.4 is 4.74 Å². The summed E-state index contributed by atoms with van der Waals surface area (Å²) < 4.78 is 9.64. The van der Waals surface area contributed by atoms with Gasteiger partial charge in [0.25, 0.3) is 5.75 Å². The van der Waals surface area contributed by atoms with Gasteiger partial charge in [-0.3, -0.25) is 4.79 Å². The van der Waals surface area contributed by atoms with E-state index < -0.39 is 5.97 Å². The number of aromatic hydroxyl groups is 1. The highest BCUT2D eigenvalue weighted by molar-refractivity contribution is 5.66. The fraction of sp³-hybridized carbons (Fsp3) is 0.462. The standard InChI is InChI=1S/C13H18O4/c1-3-10-7-11(16-2)9-12(8-10)17-6-4-5-13(14)15/h7-9H,3-6H2,1-2H3,(H,14,15)/p+1. The first-order valence-electron chi connectivity index (χ1n) is 5.74. The summed E-state index contributed by atoms with van der Waals surface area (Å²) in [5, 5.41) is 8.50. The summed E-state index contributed by atoms with van der Waals surface area (Å²) in [7, 11) is 1.74. The Labute approximate surface area is 101 Å². The van der Waals surface area contributed by atoms with Crippen LogP contribution in [-0.4, -0.2) is 29.5 Å². The van der Waals surface area contributed by atoms with Crippen molar-refractivity contribution in [2.75, 3.05) is 13.7 Å². The smallest absolute Gasteiger partial charge is 0.303 e. The fourth-order valence-corrected chi connectivity index (χ4v) is 1.47. The Bertz CT molecular complexity index is 351. The molecule has 0 spiro atoms. The van der Waals surface area contributed by atoms with Crippen molar-refractivity contribution in [2.24, 2.45) is 0 Å². The average Bonchev–Trinajstić information content (AvgIpc) is 2.34. The molecule has 0 amide bonds. The molecule has 0 bridgehead atoms. The van der Waals surface area contributed by atoms with E-state index in [-0.39, 0.29) is 6.42 Å². The van der Waals surface area contributed by atoms with Crippen LogP contribution in [0.1, 0.15) is 25.3 Å². The maximum atomic E-state index is 10.3. The Kier molecular flexibility index (Phi) is 5.33. The number of benzene rings is 1. The second-order valence-corrected chi connectivity index (χ2v) is 3.76. The molecule has 17 heavy (non-hydrogen) atoms. The Balaban J connectivity index is 2.54. The third-order valence-electron chi connectivity index (χ3n) is 2.42. The number of aryl methyl sites for hydroxylation is 1. The highest BCUT2D eigenvalue weighted by atomic mass is 16.5. The molecule has 0 saturated heterocycles. The summed E-state index contributed by atoms with van der Waals surface area (Å²) in [4.78, 5) is 10.3. The molecule has 2 N–H and O–H groups in total. The first kappa shape index (κ1) is 13.4. The minimum Gasteiger partial charge on any atom is -0.585 e. The summed E-state index contributed by atoms with van der Waals surface area (Å²) >= 11 is 0. The van der Waals surface area contributed by atoms with Gasteiger partial charge in [0.2, 0.25) is 0 Å². The molecule has 1 aromatic carbocycles. The second-order valence-electron chi connectivity index (χ2n) is 3.76. The maximum Gasteiger partial charge on any atom is 0.303 e. The molecule has 0 atom stereocenters. The molecule has 0 aromatic heterocycles. The minimum atomic E-state index is -0.792. The number of ether oxygens (including phenoxy) is 2. The van der Waals surface area contributed by atoms with E-state index in [2.05, 4.69) is 11.7 Å². The zero-order valence-corrected chi connectivity index (χ0v) is 10.3. The average molecular weight is 239 g/mol. The van der Waals surface area contributed by atoms with Gasteiger partial charge in [0, 0.05) is 12.5 Å². The van der Waals surface area contributed by atoms with Crippen molar-refractivity contribution in [2.45, 2.75) is 26.2 Å². The van der Waals surface area contributed by atoms with Gasteiger partial charge in [-0.2, -0.15) is 0 Å². The van der Waals surface area contributed by atoms with E-state index in [1.807, 2.05) is 18.2 Å². The largest absolute Gasteiger partial charge is 0.585 e. The maximum absolute atomic E-state index is 10.3. The third kappa shape index (κ3) is 4.76. The van der Waals surface area contributed by atoms with Crippen molar-refractivity contribution < 1.29 is 19.4 Å². The summed E-state index contributed by atoms with van der Waals surface area (Å²) in [6, 6.07) is 5.85. The first-order valence-corrected chi connectivity index (χ1v) is 5.74. The van der Waals surface area contributed by atoms with Gasteiger partial charge >= 0.3 is 5.97 Å². The molecule has 0 fully saturated rings. The number of carboxylic acids is 1.